The second-order valence-corrected chi connectivity index (χ2v) is 4.90. The molecule has 0 bridgehead atoms. The number of aliphatic imine (C=N–C) groups is 1. The zero-order chi connectivity index (χ0) is 9.90. The maximum atomic E-state index is 5.73. The predicted molar refractivity (Wildman–Crippen MR) is 56.7 cm³/mol. The van der Waals surface area contributed by atoms with Crippen LogP contribution in [0.2, 0.25) is 0 Å². The van der Waals surface area contributed by atoms with Crippen LogP contribution in [0.1, 0.15) is 40.0 Å². The van der Waals surface area contributed by atoms with Gasteiger partial charge in [0.15, 0.2) is 5.96 Å². The zero-order valence-corrected chi connectivity index (χ0v) is 8.93. The first-order valence-electron chi connectivity index (χ1n) is 5.05. The number of hydrogen-bond donors (Lipinski definition) is 2. The summed E-state index contributed by atoms with van der Waals surface area (Å²) in [5.74, 6) is 1.37. The monoisotopic (exact) mass is 183 g/mol. The van der Waals surface area contributed by atoms with Gasteiger partial charge in [-0.2, -0.15) is 0 Å². The highest BCUT2D eigenvalue weighted by Crippen LogP contribution is 2.26. The average Bonchev–Trinajstić information content (AvgIpc) is 1.78. The van der Waals surface area contributed by atoms with Gasteiger partial charge in [-0.05, 0) is 39.5 Å². The Morgan fingerprint density at radius 2 is 2.08 bits per heavy atom. The summed E-state index contributed by atoms with van der Waals surface area (Å²) in [6.45, 7) is 7.14. The summed E-state index contributed by atoms with van der Waals surface area (Å²) < 4.78 is 0. The Kier molecular flexibility index (Phi) is 3.17. The van der Waals surface area contributed by atoms with Crippen molar-refractivity contribution in [2.45, 2.75) is 45.6 Å². The molecule has 3 N–H and O–H groups in total. The molecule has 0 unspecified atom stereocenters. The molecule has 0 radical (unpaired) electrons. The third kappa shape index (κ3) is 4.15. The first kappa shape index (κ1) is 10.4. The summed E-state index contributed by atoms with van der Waals surface area (Å²) in [5.41, 5.74) is 5.75. The van der Waals surface area contributed by atoms with Crippen molar-refractivity contribution in [1.29, 1.82) is 0 Å². The average molecular weight is 183 g/mol. The van der Waals surface area contributed by atoms with E-state index in [2.05, 4.69) is 31.1 Å². The summed E-state index contributed by atoms with van der Waals surface area (Å²) in [6, 6.07) is 0. The molecule has 0 aromatic rings. The Balaban J connectivity index is 2.24. The Morgan fingerprint density at radius 1 is 1.46 bits per heavy atom. The van der Waals surface area contributed by atoms with Gasteiger partial charge in [-0.25, -0.2) is 0 Å². The number of nitrogens with zero attached hydrogens (tertiary/aromatic N) is 1. The molecule has 0 aromatic heterocycles. The van der Waals surface area contributed by atoms with Crippen LogP contribution in [0.4, 0.5) is 0 Å². The van der Waals surface area contributed by atoms with Gasteiger partial charge in [0.05, 0.1) is 0 Å². The molecule has 1 aliphatic rings. The maximum Gasteiger partial charge on any atom is 0.188 e. The van der Waals surface area contributed by atoms with E-state index in [-0.39, 0.29) is 5.54 Å². The third-order valence-electron chi connectivity index (χ3n) is 2.25. The molecule has 1 fully saturated rings. The number of rotatable bonds is 2. The molecule has 0 aromatic carbocycles. The minimum atomic E-state index is 0.0210. The van der Waals surface area contributed by atoms with E-state index in [4.69, 9.17) is 5.73 Å². The summed E-state index contributed by atoms with van der Waals surface area (Å²) >= 11 is 0. The first-order chi connectivity index (χ1) is 5.97. The highest BCUT2D eigenvalue weighted by molar-refractivity contribution is 5.78. The second kappa shape index (κ2) is 3.99. The molecule has 0 spiro atoms. The van der Waals surface area contributed by atoms with Crippen molar-refractivity contribution in [2.24, 2.45) is 16.6 Å². The van der Waals surface area contributed by atoms with Crippen molar-refractivity contribution in [3.8, 4) is 0 Å². The van der Waals surface area contributed by atoms with Crippen LogP contribution in [-0.4, -0.2) is 18.0 Å². The molecule has 1 aliphatic carbocycles. The number of guanidine groups is 1. The lowest BCUT2D eigenvalue weighted by Crippen LogP contribution is -2.45. The molecule has 3 nitrogen and oxygen atoms in total. The molecule has 0 heterocycles. The van der Waals surface area contributed by atoms with Crippen LogP contribution in [0, 0.1) is 5.92 Å². The van der Waals surface area contributed by atoms with Crippen molar-refractivity contribution in [2.75, 3.05) is 6.54 Å². The molecule has 3 heteroatoms. The molecule has 1 saturated carbocycles. The maximum absolute atomic E-state index is 5.73. The van der Waals surface area contributed by atoms with Crippen molar-refractivity contribution >= 4 is 5.96 Å². The van der Waals surface area contributed by atoms with Gasteiger partial charge in [0, 0.05) is 12.1 Å². The van der Waals surface area contributed by atoms with Gasteiger partial charge >= 0.3 is 0 Å². The molecule has 0 aliphatic heterocycles. The van der Waals surface area contributed by atoms with Crippen LogP contribution in [0.15, 0.2) is 4.99 Å². The van der Waals surface area contributed by atoms with E-state index in [1.54, 1.807) is 0 Å². The van der Waals surface area contributed by atoms with E-state index in [0.29, 0.717) is 5.96 Å². The summed E-state index contributed by atoms with van der Waals surface area (Å²) in [4.78, 5) is 4.31. The Morgan fingerprint density at radius 3 is 2.46 bits per heavy atom. The topological polar surface area (TPSA) is 50.4 Å². The van der Waals surface area contributed by atoms with Gasteiger partial charge in [-0.3, -0.25) is 4.99 Å². The molecule has 1 rings (SSSR count). The molecular formula is C10H21N3. The molecule has 0 amide bonds. The first-order valence-corrected chi connectivity index (χ1v) is 5.05. The number of hydrogen-bond acceptors (Lipinski definition) is 1. The van der Waals surface area contributed by atoms with Crippen LogP contribution in [0.5, 0.6) is 0 Å². The van der Waals surface area contributed by atoms with Gasteiger partial charge in [0.25, 0.3) is 0 Å². The molecule has 0 saturated heterocycles. The van der Waals surface area contributed by atoms with E-state index in [9.17, 15) is 0 Å². The Labute approximate surface area is 80.8 Å². The van der Waals surface area contributed by atoms with Crippen LogP contribution >= 0.6 is 0 Å². The standard InChI is InChI=1S/C10H21N3/c1-10(2,3)13-9(11)12-7-8-5-4-6-8/h8H,4-7H2,1-3H3,(H3,11,12,13). The van der Waals surface area contributed by atoms with Gasteiger partial charge in [-0.15, -0.1) is 0 Å². The van der Waals surface area contributed by atoms with Crippen molar-refractivity contribution < 1.29 is 0 Å². The summed E-state index contributed by atoms with van der Waals surface area (Å²) in [5, 5.41) is 3.15. The summed E-state index contributed by atoms with van der Waals surface area (Å²) in [6.07, 6.45) is 4.02. The van der Waals surface area contributed by atoms with Crippen LogP contribution in [0.3, 0.4) is 0 Å². The van der Waals surface area contributed by atoms with E-state index in [1.807, 2.05) is 0 Å². The van der Waals surface area contributed by atoms with E-state index < -0.39 is 0 Å². The number of nitrogens with one attached hydrogen (secondary N) is 1. The minimum absolute atomic E-state index is 0.0210. The lowest BCUT2D eigenvalue weighted by Gasteiger charge is -2.25. The highest BCUT2D eigenvalue weighted by atomic mass is 15.1. The minimum Gasteiger partial charge on any atom is -0.370 e. The SMILES string of the molecule is CC(C)(C)NC(N)=NCC1CCC1. The van der Waals surface area contributed by atoms with Crippen molar-refractivity contribution in [3.63, 3.8) is 0 Å². The smallest absolute Gasteiger partial charge is 0.188 e. The Hall–Kier alpha value is -0.730. The quantitative estimate of drug-likeness (QED) is 0.503. The third-order valence-corrected chi connectivity index (χ3v) is 2.25. The van der Waals surface area contributed by atoms with Gasteiger partial charge in [-0.1, -0.05) is 6.42 Å². The molecule has 76 valence electrons. The molecular weight excluding hydrogens is 162 g/mol. The van der Waals surface area contributed by atoms with Crippen LogP contribution < -0.4 is 11.1 Å². The lowest BCUT2D eigenvalue weighted by atomic mass is 9.86. The summed E-state index contributed by atoms with van der Waals surface area (Å²) in [7, 11) is 0. The fourth-order valence-corrected chi connectivity index (χ4v) is 1.33. The zero-order valence-electron chi connectivity index (χ0n) is 8.93. The van der Waals surface area contributed by atoms with Gasteiger partial charge in [0.2, 0.25) is 0 Å². The van der Waals surface area contributed by atoms with Gasteiger partial charge < -0.3 is 11.1 Å². The largest absolute Gasteiger partial charge is 0.370 e. The fraction of sp³-hybridized carbons (Fsp3) is 0.900. The molecule has 0 atom stereocenters. The number of nitrogens with two attached hydrogens (primary N) is 1. The van der Waals surface area contributed by atoms with Crippen LogP contribution in [-0.2, 0) is 0 Å². The van der Waals surface area contributed by atoms with Crippen molar-refractivity contribution in [1.82, 2.24) is 5.32 Å². The van der Waals surface area contributed by atoms with E-state index in [1.165, 1.54) is 19.3 Å². The van der Waals surface area contributed by atoms with E-state index in [0.717, 1.165) is 12.5 Å². The predicted octanol–water partition coefficient (Wildman–Crippen LogP) is 1.49. The van der Waals surface area contributed by atoms with E-state index >= 15 is 0 Å². The second-order valence-electron chi connectivity index (χ2n) is 4.90. The van der Waals surface area contributed by atoms with Gasteiger partial charge in [0.1, 0.15) is 0 Å². The lowest BCUT2D eigenvalue weighted by molar-refractivity contribution is 0.325. The fourth-order valence-electron chi connectivity index (χ4n) is 1.33. The normalized spacial score (nSPS) is 19.8. The van der Waals surface area contributed by atoms with Crippen LogP contribution in [0.25, 0.3) is 0 Å². The highest BCUT2D eigenvalue weighted by Gasteiger charge is 2.17. The van der Waals surface area contributed by atoms with Crippen molar-refractivity contribution in [3.05, 3.63) is 0 Å². The Bertz CT molecular complexity index is 187. The molecule has 13 heavy (non-hydrogen) atoms.